The fourth-order valence-electron chi connectivity index (χ4n) is 5.55. The Hall–Kier alpha value is -1.55. The monoisotopic (exact) mass is 356 g/mol. The molecule has 142 valence electrons. The largest absolute Gasteiger partial charge is 0.444 e. The fraction of sp³-hybridized carbons (Fsp3) is 0.682. The minimum Gasteiger partial charge on any atom is -0.444 e. The zero-order valence-corrected chi connectivity index (χ0v) is 16.5. The Morgan fingerprint density at radius 3 is 2.69 bits per heavy atom. The van der Waals surface area contributed by atoms with Crippen LogP contribution in [0.2, 0.25) is 0 Å². The number of nitrogens with zero attached hydrogens (tertiary/aromatic N) is 1. The van der Waals surface area contributed by atoms with E-state index >= 15 is 0 Å². The highest BCUT2D eigenvalue weighted by molar-refractivity contribution is 5.70. The number of hydrogen-bond acceptors (Lipinski definition) is 3. The first-order valence-corrected chi connectivity index (χ1v) is 10.1. The van der Waals surface area contributed by atoms with Crippen molar-refractivity contribution in [1.29, 1.82) is 0 Å². The Labute approximate surface area is 157 Å². The van der Waals surface area contributed by atoms with Crippen molar-refractivity contribution >= 4 is 6.09 Å². The second kappa shape index (κ2) is 6.26. The van der Waals surface area contributed by atoms with Gasteiger partial charge < -0.3 is 10.1 Å². The summed E-state index contributed by atoms with van der Waals surface area (Å²) in [5.41, 5.74) is 0.998. The topological polar surface area (TPSA) is 41.6 Å². The third-order valence-corrected chi connectivity index (χ3v) is 6.65. The molecule has 0 radical (unpaired) electrons. The van der Waals surface area contributed by atoms with E-state index in [2.05, 4.69) is 41.4 Å². The van der Waals surface area contributed by atoms with Crippen molar-refractivity contribution in [3.8, 4) is 0 Å². The predicted molar refractivity (Wildman–Crippen MR) is 103 cm³/mol. The molecule has 0 aromatic heterocycles. The minimum atomic E-state index is -0.465. The molecule has 26 heavy (non-hydrogen) atoms. The van der Waals surface area contributed by atoms with Gasteiger partial charge in [-0.15, -0.1) is 0 Å². The van der Waals surface area contributed by atoms with Crippen molar-refractivity contribution in [3.05, 3.63) is 35.9 Å². The van der Waals surface area contributed by atoms with E-state index in [1.54, 1.807) is 0 Å². The SMILES string of the molecule is CC(C)(C)OC(=O)N1[C@@H](Cc2ccccc2)[C@@H]2C[C@@]3(C)[C@H](CCC[C@@H]13)N2. The van der Waals surface area contributed by atoms with E-state index in [1.807, 2.05) is 26.8 Å². The Kier molecular flexibility index (Phi) is 4.30. The van der Waals surface area contributed by atoms with Crippen molar-refractivity contribution in [2.45, 2.75) is 89.6 Å². The average molecular weight is 357 g/mol. The second-order valence-corrected chi connectivity index (χ2v) is 9.63. The van der Waals surface area contributed by atoms with Gasteiger partial charge in [-0.3, -0.25) is 4.90 Å². The summed E-state index contributed by atoms with van der Waals surface area (Å²) in [7, 11) is 0. The number of carbonyl (C=O) groups excluding carboxylic acids is 1. The predicted octanol–water partition coefficient (Wildman–Crippen LogP) is 4.14. The molecule has 0 spiro atoms. The average Bonchev–Trinajstić information content (AvgIpc) is 2.90. The van der Waals surface area contributed by atoms with Gasteiger partial charge in [0.2, 0.25) is 0 Å². The first kappa shape index (κ1) is 17.8. The summed E-state index contributed by atoms with van der Waals surface area (Å²) < 4.78 is 5.87. The smallest absolute Gasteiger partial charge is 0.410 e. The van der Waals surface area contributed by atoms with Crippen molar-refractivity contribution in [2.24, 2.45) is 5.41 Å². The fourth-order valence-corrected chi connectivity index (χ4v) is 5.55. The summed E-state index contributed by atoms with van der Waals surface area (Å²) in [5.74, 6) is 0. The number of amides is 1. The number of nitrogens with one attached hydrogen (secondary N) is 1. The van der Waals surface area contributed by atoms with Gasteiger partial charge in [-0.25, -0.2) is 4.79 Å². The van der Waals surface area contributed by atoms with Gasteiger partial charge in [0.25, 0.3) is 0 Å². The van der Waals surface area contributed by atoms with Gasteiger partial charge in [0.1, 0.15) is 5.60 Å². The number of fused-ring (bicyclic) bond motifs is 1. The minimum absolute atomic E-state index is 0.135. The molecule has 1 saturated carbocycles. The standard InChI is InChI=1S/C22H32N2O2/c1-21(2,3)26-20(25)24-17(13-15-9-6-5-7-10-15)16-14-22(4)18(23-16)11-8-12-19(22)24/h5-7,9-10,16-19,23H,8,11-14H2,1-4H3/t16-,17-,18-,19+,22-/m0/s1. The van der Waals surface area contributed by atoms with E-state index in [4.69, 9.17) is 4.74 Å². The molecule has 1 aromatic carbocycles. The molecule has 0 unspecified atom stereocenters. The number of piperidine rings is 1. The van der Waals surface area contributed by atoms with Crippen molar-refractivity contribution in [3.63, 3.8) is 0 Å². The summed E-state index contributed by atoms with van der Waals surface area (Å²) in [6.45, 7) is 8.25. The maximum absolute atomic E-state index is 13.3. The van der Waals surface area contributed by atoms with E-state index in [9.17, 15) is 4.79 Å². The highest BCUT2D eigenvalue weighted by atomic mass is 16.6. The summed E-state index contributed by atoms with van der Waals surface area (Å²) in [6, 6.07) is 11.9. The number of likely N-dealkylation sites (tertiary alicyclic amines) is 1. The maximum atomic E-state index is 13.3. The van der Waals surface area contributed by atoms with Crippen LogP contribution in [0.1, 0.15) is 58.9 Å². The van der Waals surface area contributed by atoms with Crippen LogP contribution in [0, 0.1) is 5.41 Å². The van der Waals surface area contributed by atoms with Crippen LogP contribution in [-0.2, 0) is 11.2 Å². The Morgan fingerprint density at radius 1 is 1.27 bits per heavy atom. The van der Waals surface area contributed by atoms with Gasteiger partial charge in [0.05, 0.1) is 6.04 Å². The van der Waals surface area contributed by atoms with Gasteiger partial charge >= 0.3 is 6.09 Å². The van der Waals surface area contributed by atoms with Crippen molar-refractivity contribution in [1.82, 2.24) is 10.2 Å². The first-order valence-electron chi connectivity index (χ1n) is 10.1. The van der Waals surface area contributed by atoms with Crippen LogP contribution in [0.5, 0.6) is 0 Å². The lowest BCUT2D eigenvalue weighted by atomic mass is 9.64. The Morgan fingerprint density at radius 2 is 2.00 bits per heavy atom. The van der Waals surface area contributed by atoms with Crippen LogP contribution >= 0.6 is 0 Å². The molecule has 2 saturated heterocycles. The number of ether oxygens (including phenoxy) is 1. The zero-order valence-electron chi connectivity index (χ0n) is 16.5. The van der Waals surface area contributed by atoms with Crippen LogP contribution in [0.25, 0.3) is 0 Å². The molecule has 4 rings (SSSR count). The molecule has 1 aromatic rings. The molecule has 3 aliphatic rings. The number of rotatable bonds is 2. The quantitative estimate of drug-likeness (QED) is 0.866. The van der Waals surface area contributed by atoms with Gasteiger partial charge in [0.15, 0.2) is 0 Å². The molecule has 3 fully saturated rings. The van der Waals surface area contributed by atoms with Crippen LogP contribution in [0.3, 0.4) is 0 Å². The van der Waals surface area contributed by atoms with Crippen molar-refractivity contribution < 1.29 is 9.53 Å². The molecule has 1 N–H and O–H groups in total. The highest BCUT2D eigenvalue weighted by Crippen LogP contribution is 2.52. The molecular formula is C22H32N2O2. The van der Waals surface area contributed by atoms with Crippen LogP contribution in [0.15, 0.2) is 30.3 Å². The van der Waals surface area contributed by atoms with Crippen molar-refractivity contribution in [2.75, 3.05) is 0 Å². The van der Waals surface area contributed by atoms with Crippen LogP contribution in [-0.4, -0.2) is 40.8 Å². The van der Waals surface area contributed by atoms with Gasteiger partial charge in [-0.1, -0.05) is 37.3 Å². The summed E-state index contributed by atoms with van der Waals surface area (Å²) in [4.78, 5) is 15.4. The van der Waals surface area contributed by atoms with Gasteiger partial charge in [0, 0.05) is 23.5 Å². The normalized spacial score (nSPS) is 36.1. The lowest BCUT2D eigenvalue weighted by Gasteiger charge is -2.53. The molecule has 1 aliphatic carbocycles. The molecule has 2 bridgehead atoms. The van der Waals surface area contributed by atoms with E-state index in [0.717, 1.165) is 12.8 Å². The molecule has 4 nitrogen and oxygen atoms in total. The summed E-state index contributed by atoms with van der Waals surface area (Å²) in [5, 5.41) is 3.89. The van der Waals surface area contributed by atoms with Crippen LogP contribution in [0.4, 0.5) is 4.79 Å². The molecule has 5 atom stereocenters. The second-order valence-electron chi connectivity index (χ2n) is 9.63. The zero-order chi connectivity index (χ0) is 18.5. The van der Waals surface area contributed by atoms with E-state index < -0.39 is 5.60 Å². The Balaban J connectivity index is 1.68. The lowest BCUT2D eigenvalue weighted by Crippen LogP contribution is -2.63. The number of benzene rings is 1. The molecule has 1 amide bonds. The van der Waals surface area contributed by atoms with E-state index in [-0.39, 0.29) is 23.6 Å². The van der Waals surface area contributed by atoms with Gasteiger partial charge in [-0.05, 0) is 58.4 Å². The highest BCUT2D eigenvalue weighted by Gasteiger charge is 2.60. The first-order chi connectivity index (χ1) is 12.3. The lowest BCUT2D eigenvalue weighted by molar-refractivity contribution is -0.0448. The molecular weight excluding hydrogens is 324 g/mol. The van der Waals surface area contributed by atoms with Gasteiger partial charge in [-0.2, -0.15) is 0 Å². The molecule has 2 aliphatic heterocycles. The molecule has 2 heterocycles. The third kappa shape index (κ3) is 3.02. The number of carbonyl (C=O) groups is 1. The number of hydrogen-bond donors (Lipinski definition) is 1. The molecule has 4 heteroatoms. The maximum Gasteiger partial charge on any atom is 0.410 e. The van der Waals surface area contributed by atoms with E-state index in [0.29, 0.717) is 12.1 Å². The van der Waals surface area contributed by atoms with Crippen LogP contribution < -0.4 is 5.32 Å². The summed E-state index contributed by atoms with van der Waals surface area (Å²) >= 11 is 0. The summed E-state index contributed by atoms with van der Waals surface area (Å²) in [6.07, 6.45) is 5.41. The van der Waals surface area contributed by atoms with E-state index in [1.165, 1.54) is 24.8 Å². The Bertz CT molecular complexity index is 668. The third-order valence-electron chi connectivity index (χ3n) is 6.65.